The molecule has 0 saturated carbocycles. The molecule has 1 fully saturated rings. The molecule has 0 aliphatic carbocycles. The van der Waals surface area contributed by atoms with Crippen LogP contribution in [0.2, 0.25) is 0 Å². The number of anilines is 1. The fourth-order valence-corrected chi connectivity index (χ4v) is 3.65. The summed E-state index contributed by atoms with van der Waals surface area (Å²) in [5, 5.41) is 2.87. The van der Waals surface area contributed by atoms with Crippen molar-refractivity contribution in [2.75, 3.05) is 17.7 Å². The maximum atomic E-state index is 12.5. The van der Waals surface area contributed by atoms with E-state index in [-0.39, 0.29) is 5.91 Å². The highest BCUT2D eigenvalue weighted by Gasteiger charge is 2.18. The van der Waals surface area contributed by atoms with Crippen molar-refractivity contribution in [2.24, 2.45) is 0 Å². The van der Waals surface area contributed by atoms with Crippen LogP contribution in [0.4, 0.5) is 5.82 Å². The Morgan fingerprint density at radius 3 is 2.96 bits per heavy atom. The van der Waals surface area contributed by atoms with Gasteiger partial charge in [0.25, 0.3) is 5.91 Å². The van der Waals surface area contributed by atoms with Gasteiger partial charge >= 0.3 is 0 Å². The van der Waals surface area contributed by atoms with E-state index < -0.39 is 0 Å². The van der Waals surface area contributed by atoms with Gasteiger partial charge in [-0.1, -0.05) is 18.2 Å². The van der Waals surface area contributed by atoms with Crippen molar-refractivity contribution in [3.63, 3.8) is 0 Å². The van der Waals surface area contributed by atoms with Crippen LogP contribution in [0.3, 0.4) is 0 Å². The second kappa shape index (κ2) is 7.62. The maximum Gasteiger partial charge on any atom is 0.257 e. The monoisotopic (exact) mass is 328 g/mol. The number of nitrogens with zero attached hydrogens (tertiary/aromatic N) is 1. The molecule has 120 valence electrons. The zero-order valence-corrected chi connectivity index (χ0v) is 13.9. The predicted octanol–water partition coefficient (Wildman–Crippen LogP) is 3.91. The summed E-state index contributed by atoms with van der Waals surface area (Å²) in [6.07, 6.45) is 2.54. The Balaban J connectivity index is 1.69. The summed E-state index contributed by atoms with van der Waals surface area (Å²) >= 11 is 1.68. The molecule has 0 radical (unpaired) electrons. The number of pyridine rings is 1. The van der Waals surface area contributed by atoms with E-state index in [0.717, 1.165) is 35.8 Å². The van der Waals surface area contributed by atoms with Crippen LogP contribution in [0.5, 0.6) is 0 Å². The molecule has 1 saturated heterocycles. The van der Waals surface area contributed by atoms with Gasteiger partial charge in [-0.25, -0.2) is 4.98 Å². The summed E-state index contributed by atoms with van der Waals surface area (Å²) in [4.78, 5) is 17.8. The van der Waals surface area contributed by atoms with E-state index in [2.05, 4.69) is 10.3 Å². The van der Waals surface area contributed by atoms with Crippen molar-refractivity contribution >= 4 is 23.5 Å². The van der Waals surface area contributed by atoms with Crippen LogP contribution < -0.4 is 5.32 Å². The summed E-state index contributed by atoms with van der Waals surface area (Å²) in [5.41, 5.74) is 1.56. The average Bonchev–Trinajstić information content (AvgIpc) is 3.06. The Morgan fingerprint density at radius 2 is 2.17 bits per heavy atom. The normalized spacial score (nSPS) is 17.2. The van der Waals surface area contributed by atoms with Gasteiger partial charge in [-0.2, -0.15) is 0 Å². The molecule has 1 aliphatic heterocycles. The standard InChI is InChI=1S/C18H20N2O2S/c1-13-6-4-10-17(19-13)20-18(21)15-8-2-3-9-16(15)23-12-14-7-5-11-22-14/h2-4,6,8-10,14H,5,7,11-12H2,1H3,(H,19,20,21). The first-order valence-corrected chi connectivity index (χ1v) is 8.79. The largest absolute Gasteiger partial charge is 0.377 e. The molecule has 1 aromatic carbocycles. The van der Waals surface area contributed by atoms with E-state index in [9.17, 15) is 4.79 Å². The predicted molar refractivity (Wildman–Crippen MR) is 93.1 cm³/mol. The lowest BCUT2D eigenvalue weighted by molar-refractivity contribution is 0.102. The van der Waals surface area contributed by atoms with Gasteiger partial charge in [-0.15, -0.1) is 11.8 Å². The third kappa shape index (κ3) is 4.33. The van der Waals surface area contributed by atoms with E-state index >= 15 is 0 Å². The molecular formula is C18H20N2O2S. The SMILES string of the molecule is Cc1cccc(NC(=O)c2ccccc2SCC2CCCO2)n1. The Hall–Kier alpha value is -1.85. The zero-order valence-electron chi connectivity index (χ0n) is 13.1. The number of amides is 1. The van der Waals surface area contributed by atoms with Crippen molar-refractivity contribution in [3.8, 4) is 0 Å². The molecule has 5 heteroatoms. The van der Waals surface area contributed by atoms with Crippen LogP contribution in [0.25, 0.3) is 0 Å². The van der Waals surface area contributed by atoms with E-state index in [4.69, 9.17) is 4.74 Å². The molecule has 4 nitrogen and oxygen atoms in total. The van der Waals surface area contributed by atoms with Crippen molar-refractivity contribution < 1.29 is 9.53 Å². The lowest BCUT2D eigenvalue weighted by Gasteiger charge is -2.12. The molecule has 0 spiro atoms. The number of nitrogens with one attached hydrogen (secondary N) is 1. The minimum absolute atomic E-state index is 0.126. The minimum atomic E-state index is -0.126. The third-order valence-corrected chi connectivity index (χ3v) is 4.92. The summed E-state index contributed by atoms with van der Waals surface area (Å²) in [5.74, 6) is 1.33. The number of hydrogen-bond donors (Lipinski definition) is 1. The number of carbonyl (C=O) groups excluding carboxylic acids is 1. The summed E-state index contributed by atoms with van der Waals surface area (Å²) < 4.78 is 5.65. The average molecular weight is 328 g/mol. The molecule has 3 rings (SSSR count). The summed E-state index contributed by atoms with van der Waals surface area (Å²) in [7, 11) is 0. The van der Waals surface area contributed by atoms with Crippen LogP contribution in [0.15, 0.2) is 47.4 Å². The number of aryl methyl sites for hydroxylation is 1. The zero-order chi connectivity index (χ0) is 16.1. The van der Waals surface area contributed by atoms with Gasteiger partial charge < -0.3 is 10.1 Å². The maximum absolute atomic E-state index is 12.5. The number of hydrogen-bond acceptors (Lipinski definition) is 4. The number of benzene rings is 1. The molecular weight excluding hydrogens is 308 g/mol. The second-order valence-corrected chi connectivity index (χ2v) is 6.62. The van der Waals surface area contributed by atoms with E-state index in [1.54, 1.807) is 17.8 Å². The van der Waals surface area contributed by atoms with E-state index in [0.29, 0.717) is 17.5 Å². The molecule has 1 aliphatic rings. The fourth-order valence-electron chi connectivity index (χ4n) is 2.53. The topological polar surface area (TPSA) is 51.2 Å². The van der Waals surface area contributed by atoms with Crippen molar-refractivity contribution in [1.82, 2.24) is 4.98 Å². The molecule has 1 N–H and O–H groups in total. The van der Waals surface area contributed by atoms with Gasteiger partial charge in [-0.05, 0) is 44.0 Å². The van der Waals surface area contributed by atoms with Gasteiger partial charge in [0.2, 0.25) is 0 Å². The van der Waals surface area contributed by atoms with Crippen molar-refractivity contribution in [2.45, 2.75) is 30.8 Å². The molecule has 1 unspecified atom stereocenters. The smallest absolute Gasteiger partial charge is 0.257 e. The van der Waals surface area contributed by atoms with E-state index in [1.165, 1.54) is 0 Å². The molecule has 1 atom stereocenters. The van der Waals surface area contributed by atoms with Crippen molar-refractivity contribution in [3.05, 3.63) is 53.7 Å². The number of carbonyl (C=O) groups is 1. The molecule has 2 heterocycles. The molecule has 2 aromatic rings. The first-order chi connectivity index (χ1) is 11.2. The Labute approximate surface area is 140 Å². The minimum Gasteiger partial charge on any atom is -0.377 e. The number of thioether (sulfide) groups is 1. The van der Waals surface area contributed by atoms with Crippen LogP contribution in [-0.2, 0) is 4.74 Å². The number of ether oxygens (including phenoxy) is 1. The second-order valence-electron chi connectivity index (χ2n) is 5.56. The highest BCUT2D eigenvalue weighted by atomic mass is 32.2. The molecule has 1 aromatic heterocycles. The van der Waals surface area contributed by atoms with Crippen LogP contribution in [0, 0.1) is 6.92 Å². The van der Waals surface area contributed by atoms with E-state index in [1.807, 2.05) is 43.3 Å². The highest BCUT2D eigenvalue weighted by Crippen LogP contribution is 2.27. The first-order valence-electron chi connectivity index (χ1n) is 7.81. The number of rotatable bonds is 5. The lowest BCUT2D eigenvalue weighted by Crippen LogP contribution is -2.15. The molecule has 23 heavy (non-hydrogen) atoms. The first kappa shape index (κ1) is 16.0. The Morgan fingerprint density at radius 1 is 1.30 bits per heavy atom. The summed E-state index contributed by atoms with van der Waals surface area (Å²) in [6.45, 7) is 2.76. The lowest BCUT2D eigenvalue weighted by atomic mass is 10.2. The molecule has 0 bridgehead atoms. The third-order valence-electron chi connectivity index (χ3n) is 3.71. The van der Waals surface area contributed by atoms with Crippen LogP contribution >= 0.6 is 11.8 Å². The van der Waals surface area contributed by atoms with Crippen LogP contribution in [-0.4, -0.2) is 29.4 Å². The highest BCUT2D eigenvalue weighted by molar-refractivity contribution is 7.99. The molecule has 1 amide bonds. The number of aromatic nitrogens is 1. The summed E-state index contributed by atoms with van der Waals surface area (Å²) in [6, 6.07) is 13.3. The van der Waals surface area contributed by atoms with Gasteiger partial charge in [0.1, 0.15) is 5.82 Å². The van der Waals surface area contributed by atoms with Gasteiger partial charge in [0.05, 0.1) is 11.7 Å². The quantitative estimate of drug-likeness (QED) is 0.845. The van der Waals surface area contributed by atoms with Gasteiger partial charge in [-0.3, -0.25) is 4.79 Å². The Bertz CT molecular complexity index is 684. The van der Waals surface area contributed by atoms with Crippen molar-refractivity contribution in [1.29, 1.82) is 0 Å². The van der Waals surface area contributed by atoms with Crippen LogP contribution in [0.1, 0.15) is 28.9 Å². The fraction of sp³-hybridized carbons (Fsp3) is 0.333. The Kier molecular flexibility index (Phi) is 5.31. The van der Waals surface area contributed by atoms with Gasteiger partial charge in [0.15, 0.2) is 0 Å². The van der Waals surface area contributed by atoms with Gasteiger partial charge in [0, 0.05) is 22.9 Å².